The van der Waals surface area contributed by atoms with Crippen molar-refractivity contribution in [2.75, 3.05) is 20.3 Å². The van der Waals surface area contributed by atoms with Crippen LogP contribution in [0.25, 0.3) is 11.1 Å². The molecule has 9 heteroatoms. The minimum absolute atomic E-state index is 0.0911. The van der Waals surface area contributed by atoms with Gasteiger partial charge in [0.15, 0.2) is 5.58 Å². The van der Waals surface area contributed by atoms with Crippen molar-refractivity contribution in [2.24, 2.45) is 0 Å². The van der Waals surface area contributed by atoms with E-state index in [1.54, 1.807) is 37.7 Å². The van der Waals surface area contributed by atoms with Crippen LogP contribution in [-0.4, -0.2) is 45.5 Å². The van der Waals surface area contributed by atoms with Crippen LogP contribution in [0.5, 0.6) is 0 Å². The van der Waals surface area contributed by atoms with Crippen LogP contribution in [0.3, 0.4) is 0 Å². The van der Waals surface area contributed by atoms with Gasteiger partial charge in [0, 0.05) is 26.6 Å². The number of nitrogens with one attached hydrogen (secondary N) is 1. The van der Waals surface area contributed by atoms with Gasteiger partial charge in [-0.2, -0.15) is 0 Å². The number of hydrogen-bond acceptors (Lipinski definition) is 6. The molecule has 25 heavy (non-hydrogen) atoms. The van der Waals surface area contributed by atoms with Crippen LogP contribution in [0, 0.1) is 0 Å². The molecule has 0 unspecified atom stereocenters. The quantitative estimate of drug-likeness (QED) is 0.625. The lowest BCUT2D eigenvalue weighted by Gasteiger charge is -2.07. The van der Waals surface area contributed by atoms with Gasteiger partial charge in [-0.15, -0.1) is 10.2 Å². The van der Waals surface area contributed by atoms with E-state index in [9.17, 15) is 9.59 Å². The van der Waals surface area contributed by atoms with Gasteiger partial charge in [-0.1, -0.05) is 12.1 Å². The molecule has 0 aliphatic rings. The maximum Gasteiger partial charge on any atom is 0.420 e. The number of nitrogens with zero attached hydrogens (tertiary/aromatic N) is 4. The Morgan fingerprint density at radius 3 is 3.04 bits per heavy atom. The summed E-state index contributed by atoms with van der Waals surface area (Å²) in [5.41, 5.74) is 1.06. The zero-order valence-corrected chi connectivity index (χ0v) is 13.8. The molecule has 132 valence electrons. The molecule has 0 saturated carbocycles. The number of para-hydroxylation sites is 2. The number of ether oxygens (including phenoxy) is 1. The van der Waals surface area contributed by atoms with E-state index >= 15 is 0 Å². The molecule has 0 aliphatic carbocycles. The number of benzene rings is 1. The number of fused-ring (bicyclic) bond motifs is 1. The second kappa shape index (κ2) is 7.75. The van der Waals surface area contributed by atoms with Gasteiger partial charge in [0.05, 0.1) is 12.1 Å². The van der Waals surface area contributed by atoms with Crippen molar-refractivity contribution in [2.45, 2.75) is 19.5 Å². The highest BCUT2D eigenvalue weighted by Gasteiger charge is 2.12. The van der Waals surface area contributed by atoms with E-state index in [1.165, 1.54) is 4.57 Å². The van der Waals surface area contributed by atoms with E-state index < -0.39 is 5.76 Å². The summed E-state index contributed by atoms with van der Waals surface area (Å²) in [5, 5.41) is 10.7. The van der Waals surface area contributed by atoms with Crippen molar-refractivity contribution in [3.8, 4) is 0 Å². The van der Waals surface area contributed by atoms with Gasteiger partial charge in [-0.25, -0.2) is 4.79 Å². The highest BCUT2D eigenvalue weighted by atomic mass is 16.5. The fourth-order valence-electron chi connectivity index (χ4n) is 2.53. The largest absolute Gasteiger partial charge is 0.420 e. The molecule has 2 aromatic heterocycles. The van der Waals surface area contributed by atoms with E-state index in [0.717, 1.165) is 5.82 Å². The van der Waals surface area contributed by atoms with Crippen LogP contribution in [0.4, 0.5) is 0 Å². The summed E-state index contributed by atoms with van der Waals surface area (Å²) in [6.45, 7) is 1.53. The summed E-state index contributed by atoms with van der Waals surface area (Å²) < 4.78 is 13.3. The first kappa shape index (κ1) is 16.9. The van der Waals surface area contributed by atoms with Gasteiger partial charge in [-0.3, -0.25) is 9.36 Å². The van der Waals surface area contributed by atoms with Gasteiger partial charge in [0.2, 0.25) is 5.91 Å². The van der Waals surface area contributed by atoms with Gasteiger partial charge >= 0.3 is 5.76 Å². The minimum atomic E-state index is -0.546. The Bertz CT molecular complexity index is 911. The number of carbonyl (C=O) groups excluding carboxylic acids is 1. The smallest absolute Gasteiger partial charge is 0.408 e. The van der Waals surface area contributed by atoms with Gasteiger partial charge in [0.25, 0.3) is 0 Å². The number of carbonyl (C=O) groups is 1. The average Bonchev–Trinajstić information content (AvgIpc) is 3.18. The molecule has 1 N–H and O–H groups in total. The number of hydrogen-bond donors (Lipinski definition) is 1. The van der Waals surface area contributed by atoms with Crippen molar-refractivity contribution >= 4 is 17.0 Å². The van der Waals surface area contributed by atoms with Crippen LogP contribution in [0.2, 0.25) is 0 Å². The fraction of sp³-hybridized carbons (Fsp3) is 0.375. The normalized spacial score (nSPS) is 11.1. The summed E-state index contributed by atoms with van der Waals surface area (Å²) >= 11 is 0. The van der Waals surface area contributed by atoms with Crippen LogP contribution >= 0.6 is 0 Å². The second-order valence-corrected chi connectivity index (χ2v) is 5.46. The molecule has 0 saturated heterocycles. The molecule has 3 rings (SSSR count). The zero-order valence-electron chi connectivity index (χ0n) is 13.8. The highest BCUT2D eigenvalue weighted by molar-refractivity contribution is 5.79. The van der Waals surface area contributed by atoms with E-state index in [1.807, 2.05) is 4.57 Å². The van der Waals surface area contributed by atoms with Crippen molar-refractivity contribution < 1.29 is 13.9 Å². The van der Waals surface area contributed by atoms with Crippen molar-refractivity contribution in [3.63, 3.8) is 0 Å². The van der Waals surface area contributed by atoms with Crippen LogP contribution < -0.4 is 11.1 Å². The third kappa shape index (κ3) is 3.94. The molecule has 2 heterocycles. The molecule has 0 aliphatic heterocycles. The molecule has 0 atom stereocenters. The summed E-state index contributed by atoms with van der Waals surface area (Å²) in [4.78, 5) is 24.0. The maximum absolute atomic E-state index is 12.1. The Labute approximate surface area is 143 Å². The zero-order chi connectivity index (χ0) is 17.6. The predicted molar refractivity (Wildman–Crippen MR) is 89.1 cm³/mol. The Hall–Kier alpha value is -2.94. The van der Waals surface area contributed by atoms with Crippen molar-refractivity contribution in [1.82, 2.24) is 24.6 Å². The Morgan fingerprint density at radius 1 is 1.36 bits per heavy atom. The molecule has 0 fully saturated rings. The fourth-order valence-corrected chi connectivity index (χ4v) is 2.53. The van der Waals surface area contributed by atoms with Crippen molar-refractivity contribution in [3.05, 3.63) is 47.0 Å². The average molecular weight is 345 g/mol. The predicted octanol–water partition coefficient (Wildman–Crippen LogP) is 0.191. The Morgan fingerprint density at radius 2 is 2.20 bits per heavy atom. The Kier molecular flexibility index (Phi) is 5.24. The molecule has 0 radical (unpaired) electrons. The molecule has 0 spiro atoms. The number of rotatable bonds is 8. The lowest BCUT2D eigenvalue weighted by Crippen LogP contribution is -2.32. The lowest BCUT2D eigenvalue weighted by atomic mass is 10.3. The standard InChI is InChI=1S/C16H19N5O4/c1-24-9-8-20-11-18-19-14(20)6-7-17-15(22)10-21-12-4-2-3-5-13(12)25-16(21)23/h2-5,11H,6-10H2,1H3,(H,17,22). The van der Waals surface area contributed by atoms with E-state index in [4.69, 9.17) is 9.15 Å². The molecule has 1 amide bonds. The van der Waals surface area contributed by atoms with Crippen LogP contribution in [0.15, 0.2) is 39.8 Å². The third-order valence-corrected chi connectivity index (χ3v) is 3.78. The first-order valence-electron chi connectivity index (χ1n) is 7.89. The van der Waals surface area contributed by atoms with E-state index in [2.05, 4.69) is 15.5 Å². The molecule has 9 nitrogen and oxygen atoms in total. The third-order valence-electron chi connectivity index (χ3n) is 3.78. The van der Waals surface area contributed by atoms with Gasteiger partial charge < -0.3 is 19.0 Å². The lowest BCUT2D eigenvalue weighted by molar-refractivity contribution is -0.121. The van der Waals surface area contributed by atoms with Gasteiger partial charge in [0.1, 0.15) is 18.7 Å². The van der Waals surface area contributed by atoms with Crippen LogP contribution in [0.1, 0.15) is 5.82 Å². The number of oxazole rings is 1. The first-order valence-corrected chi connectivity index (χ1v) is 7.89. The molecule has 3 aromatic rings. The maximum atomic E-state index is 12.1. The summed E-state index contributed by atoms with van der Waals surface area (Å²) in [6.07, 6.45) is 2.17. The SMILES string of the molecule is COCCn1cnnc1CCNC(=O)Cn1c(=O)oc2ccccc21. The van der Waals surface area contributed by atoms with Crippen LogP contribution in [-0.2, 0) is 29.0 Å². The topological polar surface area (TPSA) is 104 Å². The van der Waals surface area contributed by atoms with E-state index in [0.29, 0.717) is 37.2 Å². The second-order valence-electron chi connectivity index (χ2n) is 5.46. The number of methoxy groups -OCH3 is 1. The highest BCUT2D eigenvalue weighted by Crippen LogP contribution is 2.11. The minimum Gasteiger partial charge on any atom is -0.408 e. The summed E-state index contributed by atoms with van der Waals surface area (Å²) in [5.74, 6) is -0.0458. The number of amides is 1. The Balaban J connectivity index is 1.56. The molecule has 0 bridgehead atoms. The molecular weight excluding hydrogens is 326 g/mol. The van der Waals surface area contributed by atoms with E-state index in [-0.39, 0.29) is 12.5 Å². The first-order chi connectivity index (χ1) is 12.2. The monoisotopic (exact) mass is 345 g/mol. The summed E-state index contributed by atoms with van der Waals surface area (Å²) in [6, 6.07) is 7.00. The summed E-state index contributed by atoms with van der Waals surface area (Å²) in [7, 11) is 1.63. The number of aromatic nitrogens is 4. The molecule has 1 aromatic carbocycles. The molecular formula is C16H19N5O4. The van der Waals surface area contributed by atoms with Gasteiger partial charge in [-0.05, 0) is 12.1 Å². The van der Waals surface area contributed by atoms with Crippen molar-refractivity contribution in [1.29, 1.82) is 0 Å².